The highest BCUT2D eigenvalue weighted by atomic mass is 16.6. The van der Waals surface area contributed by atoms with Gasteiger partial charge in [0.2, 0.25) is 0 Å². The van der Waals surface area contributed by atoms with E-state index in [0.717, 1.165) is 12.2 Å². The lowest BCUT2D eigenvalue weighted by Crippen LogP contribution is -2.03. The van der Waals surface area contributed by atoms with Crippen LogP contribution in [0.5, 0.6) is 0 Å². The van der Waals surface area contributed by atoms with Gasteiger partial charge in [-0.3, -0.25) is 10.1 Å². The first-order valence-electron chi connectivity index (χ1n) is 4.95. The second-order valence-electron chi connectivity index (χ2n) is 3.05. The molecule has 0 aromatic heterocycles. The highest BCUT2D eigenvalue weighted by molar-refractivity contribution is 5.68. The van der Waals surface area contributed by atoms with Gasteiger partial charge in [0.05, 0.1) is 4.92 Å². The quantitative estimate of drug-likeness (QED) is 0.577. The molecule has 0 unspecified atom stereocenters. The molecule has 0 heterocycles. The monoisotopic (exact) mass is 209 g/mol. The zero-order valence-corrected chi connectivity index (χ0v) is 8.91. The Labute approximate surface area is 88.6 Å². The van der Waals surface area contributed by atoms with Crippen molar-refractivity contribution in [3.8, 4) is 0 Å². The maximum atomic E-state index is 10.7. The standard InChI is InChI=1S/C10H15N3O2/c1-3-11-8-5-6-10(13(14)15)9(7-8)12-4-2/h5-7,11-12H,3-4H2,1-2H3. The molecule has 0 fully saturated rings. The van der Waals surface area contributed by atoms with Gasteiger partial charge in [-0.05, 0) is 26.0 Å². The molecule has 5 nitrogen and oxygen atoms in total. The van der Waals surface area contributed by atoms with Crippen molar-refractivity contribution in [3.63, 3.8) is 0 Å². The van der Waals surface area contributed by atoms with Crippen molar-refractivity contribution in [1.29, 1.82) is 0 Å². The van der Waals surface area contributed by atoms with Gasteiger partial charge in [-0.15, -0.1) is 0 Å². The minimum atomic E-state index is -0.381. The number of benzene rings is 1. The molecule has 82 valence electrons. The van der Waals surface area contributed by atoms with Gasteiger partial charge in [-0.1, -0.05) is 0 Å². The van der Waals surface area contributed by atoms with Crippen molar-refractivity contribution in [1.82, 2.24) is 0 Å². The topological polar surface area (TPSA) is 67.2 Å². The van der Waals surface area contributed by atoms with E-state index in [0.29, 0.717) is 12.2 Å². The third kappa shape index (κ3) is 2.83. The summed E-state index contributed by atoms with van der Waals surface area (Å²) in [5.41, 5.74) is 1.55. The third-order valence-electron chi connectivity index (χ3n) is 1.94. The van der Waals surface area contributed by atoms with E-state index in [1.54, 1.807) is 12.1 Å². The summed E-state index contributed by atoms with van der Waals surface area (Å²) in [5, 5.41) is 16.8. The summed E-state index contributed by atoms with van der Waals surface area (Å²) in [4.78, 5) is 10.3. The average Bonchev–Trinajstić information content (AvgIpc) is 2.18. The summed E-state index contributed by atoms with van der Waals surface area (Å²) >= 11 is 0. The van der Waals surface area contributed by atoms with Crippen molar-refractivity contribution < 1.29 is 4.92 Å². The fourth-order valence-electron chi connectivity index (χ4n) is 1.34. The molecule has 0 aliphatic rings. The molecule has 0 saturated carbocycles. The third-order valence-corrected chi connectivity index (χ3v) is 1.94. The fourth-order valence-corrected chi connectivity index (χ4v) is 1.34. The van der Waals surface area contributed by atoms with Crippen molar-refractivity contribution >= 4 is 17.1 Å². The van der Waals surface area contributed by atoms with Crippen molar-refractivity contribution in [3.05, 3.63) is 28.3 Å². The molecule has 0 spiro atoms. The average molecular weight is 209 g/mol. The highest BCUT2D eigenvalue weighted by Gasteiger charge is 2.12. The maximum Gasteiger partial charge on any atom is 0.292 e. The van der Waals surface area contributed by atoms with E-state index in [1.165, 1.54) is 6.07 Å². The summed E-state index contributed by atoms with van der Waals surface area (Å²) in [5.74, 6) is 0. The van der Waals surface area contributed by atoms with Gasteiger partial charge in [-0.25, -0.2) is 0 Å². The Kier molecular flexibility index (Phi) is 3.91. The van der Waals surface area contributed by atoms with Crippen LogP contribution in [0.4, 0.5) is 17.1 Å². The number of hydrogen-bond donors (Lipinski definition) is 2. The molecular weight excluding hydrogens is 194 g/mol. The van der Waals surface area contributed by atoms with Crippen LogP contribution in [0.2, 0.25) is 0 Å². The Morgan fingerprint density at radius 1 is 1.27 bits per heavy atom. The van der Waals surface area contributed by atoms with Crippen LogP contribution in [0.1, 0.15) is 13.8 Å². The van der Waals surface area contributed by atoms with Crippen LogP contribution in [0, 0.1) is 10.1 Å². The Bertz CT molecular complexity index is 353. The Morgan fingerprint density at radius 2 is 1.93 bits per heavy atom. The van der Waals surface area contributed by atoms with Crippen LogP contribution in [0.25, 0.3) is 0 Å². The van der Waals surface area contributed by atoms with Crippen LogP contribution in [-0.4, -0.2) is 18.0 Å². The first-order chi connectivity index (χ1) is 7.19. The lowest BCUT2D eigenvalue weighted by atomic mass is 10.2. The van der Waals surface area contributed by atoms with Gasteiger partial charge < -0.3 is 10.6 Å². The minimum Gasteiger partial charge on any atom is -0.385 e. The van der Waals surface area contributed by atoms with E-state index in [9.17, 15) is 10.1 Å². The van der Waals surface area contributed by atoms with E-state index in [1.807, 2.05) is 13.8 Å². The maximum absolute atomic E-state index is 10.7. The van der Waals surface area contributed by atoms with Gasteiger partial charge in [0.1, 0.15) is 5.69 Å². The number of nitro groups is 1. The lowest BCUT2D eigenvalue weighted by Gasteiger charge is -2.08. The minimum absolute atomic E-state index is 0.110. The van der Waals surface area contributed by atoms with Crippen LogP contribution < -0.4 is 10.6 Å². The molecule has 0 saturated heterocycles. The SMILES string of the molecule is CCNc1ccc([N+](=O)[O-])c(NCC)c1. The van der Waals surface area contributed by atoms with E-state index in [2.05, 4.69) is 10.6 Å². The Balaban J connectivity index is 3.03. The van der Waals surface area contributed by atoms with Gasteiger partial charge >= 0.3 is 0 Å². The molecule has 1 rings (SSSR count). The van der Waals surface area contributed by atoms with Gasteiger partial charge in [0.25, 0.3) is 5.69 Å². The predicted octanol–water partition coefficient (Wildman–Crippen LogP) is 2.46. The first kappa shape index (κ1) is 11.3. The number of nitrogens with one attached hydrogen (secondary N) is 2. The van der Waals surface area contributed by atoms with Gasteiger partial charge in [-0.2, -0.15) is 0 Å². The van der Waals surface area contributed by atoms with E-state index < -0.39 is 0 Å². The van der Waals surface area contributed by atoms with Crippen LogP contribution in [-0.2, 0) is 0 Å². The summed E-state index contributed by atoms with van der Waals surface area (Å²) < 4.78 is 0. The molecule has 0 bridgehead atoms. The largest absolute Gasteiger partial charge is 0.385 e. The van der Waals surface area contributed by atoms with E-state index in [-0.39, 0.29) is 10.6 Å². The molecule has 5 heteroatoms. The van der Waals surface area contributed by atoms with E-state index in [4.69, 9.17) is 0 Å². The summed E-state index contributed by atoms with van der Waals surface area (Å²) in [6.07, 6.45) is 0. The molecule has 0 aliphatic carbocycles. The summed E-state index contributed by atoms with van der Waals surface area (Å²) in [7, 11) is 0. The second kappa shape index (κ2) is 5.19. The number of anilines is 2. The number of nitrogens with zero attached hydrogens (tertiary/aromatic N) is 1. The van der Waals surface area contributed by atoms with Crippen molar-refractivity contribution in [2.45, 2.75) is 13.8 Å². The second-order valence-corrected chi connectivity index (χ2v) is 3.05. The molecule has 1 aromatic carbocycles. The first-order valence-corrected chi connectivity index (χ1v) is 4.95. The van der Waals surface area contributed by atoms with E-state index >= 15 is 0 Å². The highest BCUT2D eigenvalue weighted by Crippen LogP contribution is 2.27. The Hall–Kier alpha value is -1.78. The van der Waals surface area contributed by atoms with Crippen molar-refractivity contribution in [2.75, 3.05) is 23.7 Å². The molecule has 2 N–H and O–H groups in total. The Morgan fingerprint density at radius 3 is 2.47 bits per heavy atom. The molecule has 15 heavy (non-hydrogen) atoms. The summed E-state index contributed by atoms with van der Waals surface area (Å²) in [6, 6.07) is 4.98. The molecule has 1 aromatic rings. The van der Waals surface area contributed by atoms with Crippen LogP contribution in [0.3, 0.4) is 0 Å². The number of rotatable bonds is 5. The van der Waals surface area contributed by atoms with Gasteiger partial charge in [0.15, 0.2) is 0 Å². The normalized spacial score (nSPS) is 9.73. The fraction of sp³-hybridized carbons (Fsp3) is 0.400. The molecule has 0 aliphatic heterocycles. The number of hydrogen-bond acceptors (Lipinski definition) is 4. The molecule has 0 radical (unpaired) electrons. The van der Waals surface area contributed by atoms with Crippen molar-refractivity contribution in [2.24, 2.45) is 0 Å². The van der Waals surface area contributed by atoms with Gasteiger partial charge in [0, 0.05) is 24.8 Å². The van der Waals surface area contributed by atoms with Crippen LogP contribution >= 0.6 is 0 Å². The van der Waals surface area contributed by atoms with Crippen LogP contribution in [0.15, 0.2) is 18.2 Å². The zero-order valence-electron chi connectivity index (χ0n) is 8.91. The smallest absolute Gasteiger partial charge is 0.292 e. The number of nitro benzene ring substituents is 1. The predicted molar refractivity (Wildman–Crippen MR) is 61.4 cm³/mol. The molecule has 0 atom stereocenters. The molecular formula is C10H15N3O2. The summed E-state index contributed by atoms with van der Waals surface area (Å²) in [6.45, 7) is 5.35. The lowest BCUT2D eigenvalue weighted by molar-refractivity contribution is -0.383. The zero-order chi connectivity index (χ0) is 11.3. The molecule has 0 amide bonds.